The van der Waals surface area contributed by atoms with E-state index in [1.807, 2.05) is 18.2 Å². The number of hydrogen-bond donors (Lipinski definition) is 2. The quantitative estimate of drug-likeness (QED) is 0.825. The van der Waals surface area contributed by atoms with E-state index in [4.69, 9.17) is 9.47 Å². The van der Waals surface area contributed by atoms with E-state index in [1.54, 1.807) is 4.90 Å². The highest BCUT2D eigenvalue weighted by Gasteiger charge is 2.53. The van der Waals surface area contributed by atoms with E-state index in [9.17, 15) is 18.0 Å². The predicted octanol–water partition coefficient (Wildman–Crippen LogP) is 1.60. The molecule has 2 N–H and O–H groups in total. The number of alkyl halides is 3. The van der Waals surface area contributed by atoms with Gasteiger partial charge in [-0.25, -0.2) is 5.43 Å². The van der Waals surface area contributed by atoms with Crippen molar-refractivity contribution in [2.24, 2.45) is 11.8 Å². The van der Waals surface area contributed by atoms with Crippen LogP contribution in [0.15, 0.2) is 18.2 Å². The Kier molecular flexibility index (Phi) is 5.00. The van der Waals surface area contributed by atoms with Gasteiger partial charge in [0.15, 0.2) is 5.92 Å². The number of ether oxygens (including phenoxy) is 2. The molecule has 27 heavy (non-hydrogen) atoms. The van der Waals surface area contributed by atoms with Crippen LogP contribution in [0.4, 0.5) is 13.2 Å². The molecule has 0 aromatic heterocycles. The second-order valence-corrected chi connectivity index (χ2v) is 7.30. The van der Waals surface area contributed by atoms with E-state index in [1.165, 1.54) is 0 Å². The minimum absolute atomic E-state index is 0.0412. The lowest BCUT2D eigenvalue weighted by Crippen LogP contribution is -2.63. The molecule has 3 unspecified atom stereocenters. The van der Waals surface area contributed by atoms with Crippen molar-refractivity contribution in [3.05, 3.63) is 29.3 Å². The van der Waals surface area contributed by atoms with Crippen molar-refractivity contribution < 1.29 is 27.4 Å². The van der Waals surface area contributed by atoms with Gasteiger partial charge in [-0.15, -0.1) is 0 Å². The van der Waals surface area contributed by atoms with Gasteiger partial charge in [0.1, 0.15) is 5.75 Å². The Bertz CT molecular complexity index is 707. The van der Waals surface area contributed by atoms with E-state index < -0.39 is 24.0 Å². The average molecular weight is 385 g/mol. The molecule has 3 aliphatic heterocycles. The third-order valence-electron chi connectivity index (χ3n) is 5.47. The van der Waals surface area contributed by atoms with Crippen LogP contribution in [0.5, 0.6) is 5.75 Å². The molecule has 6 nitrogen and oxygen atoms in total. The number of nitrogens with one attached hydrogen (secondary N) is 2. The van der Waals surface area contributed by atoms with Gasteiger partial charge in [0.25, 0.3) is 0 Å². The smallest absolute Gasteiger partial charge is 0.402 e. The Labute approximate surface area is 155 Å². The number of benzene rings is 1. The fourth-order valence-corrected chi connectivity index (χ4v) is 4.03. The van der Waals surface area contributed by atoms with Crippen LogP contribution in [-0.4, -0.2) is 49.4 Å². The Balaban J connectivity index is 1.49. The Morgan fingerprint density at radius 2 is 2.15 bits per heavy atom. The summed E-state index contributed by atoms with van der Waals surface area (Å²) in [7, 11) is 0. The first-order valence-corrected chi connectivity index (χ1v) is 9.08. The number of halogens is 3. The topological polar surface area (TPSA) is 62.8 Å². The summed E-state index contributed by atoms with van der Waals surface area (Å²) in [5, 5.41) is 0. The van der Waals surface area contributed by atoms with E-state index in [0.29, 0.717) is 38.0 Å². The molecule has 3 atom stereocenters. The summed E-state index contributed by atoms with van der Waals surface area (Å²) in [6.07, 6.45) is -3.63. The third-order valence-corrected chi connectivity index (χ3v) is 5.47. The van der Waals surface area contributed by atoms with Gasteiger partial charge in [-0.05, 0) is 18.1 Å². The van der Waals surface area contributed by atoms with E-state index >= 15 is 0 Å². The van der Waals surface area contributed by atoms with Crippen LogP contribution < -0.4 is 15.6 Å². The van der Waals surface area contributed by atoms with Crippen molar-refractivity contribution in [2.45, 2.75) is 31.7 Å². The van der Waals surface area contributed by atoms with Gasteiger partial charge in [-0.2, -0.15) is 13.2 Å². The van der Waals surface area contributed by atoms with Crippen LogP contribution in [0.3, 0.4) is 0 Å². The van der Waals surface area contributed by atoms with E-state index in [2.05, 4.69) is 10.9 Å². The maximum absolute atomic E-state index is 13.4. The second-order valence-electron chi connectivity index (χ2n) is 7.30. The maximum atomic E-state index is 13.4. The predicted molar refractivity (Wildman–Crippen MR) is 89.6 cm³/mol. The Morgan fingerprint density at radius 3 is 2.89 bits per heavy atom. The lowest BCUT2D eigenvalue weighted by Gasteiger charge is -2.38. The number of carbonyl (C=O) groups is 1. The van der Waals surface area contributed by atoms with Crippen LogP contribution in [0, 0.1) is 11.8 Å². The molecule has 0 saturated carbocycles. The fourth-order valence-electron chi connectivity index (χ4n) is 4.03. The normalized spacial score (nSPS) is 28.9. The van der Waals surface area contributed by atoms with Gasteiger partial charge >= 0.3 is 6.18 Å². The molecule has 3 heterocycles. The zero-order valence-corrected chi connectivity index (χ0v) is 14.7. The van der Waals surface area contributed by atoms with Gasteiger partial charge in [-0.3, -0.25) is 15.1 Å². The third kappa shape index (κ3) is 3.76. The molecule has 0 spiro atoms. The van der Waals surface area contributed by atoms with Crippen LogP contribution in [-0.2, 0) is 22.6 Å². The van der Waals surface area contributed by atoms with Gasteiger partial charge in [0.2, 0.25) is 5.91 Å². The second kappa shape index (κ2) is 7.29. The van der Waals surface area contributed by atoms with Crippen molar-refractivity contribution >= 4 is 5.91 Å². The SMILES string of the molecule is O=C1NNCC(N2Cc3cccc(OCC4CCOC4)c3C2)C1C(F)(F)F. The average Bonchev–Trinajstić information content (AvgIpc) is 3.28. The number of hydrogen-bond acceptors (Lipinski definition) is 5. The first-order valence-electron chi connectivity index (χ1n) is 9.08. The van der Waals surface area contributed by atoms with Crippen LogP contribution in [0.25, 0.3) is 0 Å². The summed E-state index contributed by atoms with van der Waals surface area (Å²) in [4.78, 5) is 13.5. The number of nitrogens with zero attached hydrogens (tertiary/aromatic N) is 1. The molecule has 1 aromatic rings. The molecule has 2 saturated heterocycles. The molecular formula is C18H22F3N3O3. The molecule has 1 aromatic carbocycles. The minimum atomic E-state index is -4.59. The molecule has 4 rings (SSSR count). The molecule has 2 fully saturated rings. The number of hydrazine groups is 1. The van der Waals surface area contributed by atoms with Gasteiger partial charge in [0.05, 0.1) is 13.2 Å². The monoisotopic (exact) mass is 385 g/mol. The van der Waals surface area contributed by atoms with Crippen LogP contribution >= 0.6 is 0 Å². The van der Waals surface area contributed by atoms with Crippen molar-refractivity contribution in [3.63, 3.8) is 0 Å². The Hall–Kier alpha value is -1.84. The van der Waals surface area contributed by atoms with Crippen molar-refractivity contribution in [1.82, 2.24) is 15.8 Å². The molecular weight excluding hydrogens is 363 g/mol. The highest BCUT2D eigenvalue weighted by Crippen LogP contribution is 2.38. The summed E-state index contributed by atoms with van der Waals surface area (Å²) in [6, 6.07) is 4.66. The first-order chi connectivity index (χ1) is 12.9. The standard InChI is InChI=1S/C18H22F3N3O3/c19-18(20,21)16-14(6-22-23-17(16)25)24-7-12-2-1-3-15(13(12)8-24)27-10-11-4-5-26-9-11/h1-3,11,14,16,22H,4-10H2,(H,23,25). The summed E-state index contributed by atoms with van der Waals surface area (Å²) < 4.78 is 51.6. The lowest BCUT2D eigenvalue weighted by atomic mass is 9.95. The maximum Gasteiger partial charge on any atom is 0.402 e. The van der Waals surface area contributed by atoms with Crippen molar-refractivity contribution in [1.29, 1.82) is 0 Å². The first kappa shape index (κ1) is 18.5. The largest absolute Gasteiger partial charge is 0.493 e. The van der Waals surface area contributed by atoms with E-state index in [-0.39, 0.29) is 6.54 Å². The van der Waals surface area contributed by atoms with E-state index in [0.717, 1.165) is 24.2 Å². The number of fused-ring (bicyclic) bond motifs is 1. The highest BCUT2D eigenvalue weighted by molar-refractivity contribution is 5.80. The lowest BCUT2D eigenvalue weighted by molar-refractivity contribution is -0.201. The zero-order chi connectivity index (χ0) is 19.0. The van der Waals surface area contributed by atoms with Gasteiger partial charge in [0, 0.05) is 43.8 Å². The molecule has 9 heteroatoms. The molecule has 1 amide bonds. The summed E-state index contributed by atoms with van der Waals surface area (Å²) >= 11 is 0. The van der Waals surface area contributed by atoms with Gasteiger partial charge in [-0.1, -0.05) is 12.1 Å². The molecule has 148 valence electrons. The van der Waals surface area contributed by atoms with Crippen molar-refractivity contribution in [2.75, 3.05) is 26.4 Å². The summed E-state index contributed by atoms with van der Waals surface area (Å²) in [5.41, 5.74) is 6.54. The number of amides is 1. The molecule has 0 aliphatic carbocycles. The molecule has 0 radical (unpaired) electrons. The summed E-state index contributed by atoms with van der Waals surface area (Å²) in [5.74, 6) is -2.03. The summed E-state index contributed by atoms with van der Waals surface area (Å²) in [6.45, 7) is 2.69. The Morgan fingerprint density at radius 1 is 1.30 bits per heavy atom. The van der Waals surface area contributed by atoms with Crippen molar-refractivity contribution in [3.8, 4) is 5.75 Å². The van der Waals surface area contributed by atoms with Gasteiger partial charge < -0.3 is 9.47 Å². The zero-order valence-electron chi connectivity index (χ0n) is 14.7. The number of carbonyl (C=O) groups excluding carboxylic acids is 1. The number of rotatable bonds is 4. The minimum Gasteiger partial charge on any atom is -0.493 e. The molecule has 0 bridgehead atoms. The van der Waals surface area contributed by atoms with Crippen LogP contribution in [0.2, 0.25) is 0 Å². The van der Waals surface area contributed by atoms with Crippen LogP contribution in [0.1, 0.15) is 17.5 Å². The molecule has 3 aliphatic rings. The highest BCUT2D eigenvalue weighted by atomic mass is 19.4. The fraction of sp³-hybridized carbons (Fsp3) is 0.611.